The summed E-state index contributed by atoms with van der Waals surface area (Å²) in [6.07, 6.45) is 11.8. The van der Waals surface area contributed by atoms with Crippen molar-refractivity contribution in [2.24, 2.45) is 23.7 Å². The molecular formula is C31H39F5O2. The van der Waals surface area contributed by atoms with Crippen LogP contribution in [0, 0.1) is 29.5 Å². The first-order valence-electron chi connectivity index (χ1n) is 14.1. The smallest absolute Gasteiger partial charge is 0.426 e. The first-order valence-corrected chi connectivity index (χ1v) is 14.1. The van der Waals surface area contributed by atoms with Gasteiger partial charge in [-0.25, -0.2) is 4.39 Å². The Morgan fingerprint density at radius 2 is 1.39 bits per heavy atom. The molecule has 0 spiro atoms. The maximum atomic E-state index is 14.5. The standard InChI is InChI=1S/C31H39F5O2/c1-2-3-21-6-12-24(13-7-21)25-14-8-22(9-15-25)4-5-23-10-17-27(18-11-23)38-31(35,36)26-16-19-29(28(32)20-26)37-30(33)34/h10-11,16-22,24-25,30H,2-9,12-15H2,1H3. The molecule has 2 aliphatic rings. The highest BCUT2D eigenvalue weighted by molar-refractivity contribution is 5.33. The minimum absolute atomic E-state index is 0.0544. The first-order chi connectivity index (χ1) is 18.2. The van der Waals surface area contributed by atoms with Crippen molar-refractivity contribution in [3.8, 4) is 11.5 Å². The second-order valence-corrected chi connectivity index (χ2v) is 11.2. The topological polar surface area (TPSA) is 18.5 Å². The number of benzene rings is 2. The average molecular weight is 539 g/mol. The molecule has 0 aromatic heterocycles. The Morgan fingerprint density at radius 1 is 0.816 bits per heavy atom. The molecule has 0 bridgehead atoms. The molecule has 0 radical (unpaired) electrons. The lowest BCUT2D eigenvalue weighted by atomic mass is 9.68. The van der Waals surface area contributed by atoms with Crippen LogP contribution in [0.15, 0.2) is 42.5 Å². The van der Waals surface area contributed by atoms with Crippen LogP contribution in [0.25, 0.3) is 0 Å². The average Bonchev–Trinajstić information content (AvgIpc) is 2.90. The predicted molar refractivity (Wildman–Crippen MR) is 138 cm³/mol. The number of alkyl halides is 4. The predicted octanol–water partition coefficient (Wildman–Crippen LogP) is 9.90. The van der Waals surface area contributed by atoms with Crippen LogP contribution in [0.5, 0.6) is 11.5 Å². The van der Waals surface area contributed by atoms with Crippen LogP contribution >= 0.6 is 0 Å². The maximum Gasteiger partial charge on any atom is 0.426 e. The van der Waals surface area contributed by atoms with Crippen molar-refractivity contribution < 1.29 is 31.4 Å². The molecule has 7 heteroatoms. The monoisotopic (exact) mass is 538 g/mol. The van der Waals surface area contributed by atoms with E-state index in [4.69, 9.17) is 4.74 Å². The van der Waals surface area contributed by atoms with Crippen LogP contribution in [0.3, 0.4) is 0 Å². The Morgan fingerprint density at radius 3 is 1.92 bits per heavy atom. The van der Waals surface area contributed by atoms with E-state index in [1.54, 1.807) is 12.1 Å². The molecule has 0 saturated heterocycles. The van der Waals surface area contributed by atoms with Crippen molar-refractivity contribution in [2.45, 2.75) is 96.7 Å². The summed E-state index contributed by atoms with van der Waals surface area (Å²) in [6.45, 7) is -0.959. The maximum absolute atomic E-state index is 14.5. The summed E-state index contributed by atoms with van der Waals surface area (Å²) in [4.78, 5) is 0. The van der Waals surface area contributed by atoms with Gasteiger partial charge in [-0.15, -0.1) is 0 Å². The first kappa shape index (κ1) is 28.7. The Balaban J connectivity index is 1.21. The molecule has 2 aromatic carbocycles. The largest absolute Gasteiger partial charge is 0.432 e. The zero-order valence-electron chi connectivity index (χ0n) is 22.1. The molecule has 2 aromatic rings. The van der Waals surface area contributed by atoms with Crippen molar-refractivity contribution in [1.29, 1.82) is 0 Å². The van der Waals surface area contributed by atoms with Crippen LogP contribution in [0.1, 0.15) is 88.7 Å². The van der Waals surface area contributed by atoms with Gasteiger partial charge in [0, 0.05) is 0 Å². The summed E-state index contributed by atoms with van der Waals surface area (Å²) in [5.74, 6) is 1.33. The van der Waals surface area contributed by atoms with E-state index < -0.39 is 29.9 Å². The lowest BCUT2D eigenvalue weighted by Gasteiger charge is -2.38. The molecule has 2 aliphatic carbocycles. The quantitative estimate of drug-likeness (QED) is 0.265. The number of halogens is 5. The van der Waals surface area contributed by atoms with Gasteiger partial charge in [-0.3, -0.25) is 0 Å². The molecule has 0 unspecified atom stereocenters. The molecule has 210 valence electrons. The third kappa shape index (κ3) is 7.86. The van der Waals surface area contributed by atoms with Gasteiger partial charge in [0.15, 0.2) is 11.6 Å². The van der Waals surface area contributed by atoms with Crippen molar-refractivity contribution in [2.75, 3.05) is 0 Å². The molecule has 0 heterocycles. The van der Waals surface area contributed by atoms with Gasteiger partial charge in [0.25, 0.3) is 0 Å². The molecule has 0 amide bonds. The lowest BCUT2D eigenvalue weighted by Crippen LogP contribution is -2.26. The van der Waals surface area contributed by atoms with E-state index in [0.29, 0.717) is 6.07 Å². The summed E-state index contributed by atoms with van der Waals surface area (Å²) in [5.41, 5.74) is 0.280. The van der Waals surface area contributed by atoms with Crippen molar-refractivity contribution >= 4 is 0 Å². The lowest BCUT2D eigenvalue weighted by molar-refractivity contribution is -0.185. The van der Waals surface area contributed by atoms with Gasteiger partial charge < -0.3 is 9.47 Å². The van der Waals surface area contributed by atoms with Crippen molar-refractivity contribution in [3.05, 3.63) is 59.4 Å². The number of rotatable bonds is 11. The molecule has 4 rings (SSSR count). The SMILES string of the molecule is CCCC1CCC(C2CCC(CCc3ccc(OC(F)(F)c4ccc(OC(F)F)c(F)c4)cc3)CC2)CC1. The van der Waals surface area contributed by atoms with Gasteiger partial charge >= 0.3 is 12.7 Å². The third-order valence-corrected chi connectivity index (χ3v) is 8.64. The van der Waals surface area contributed by atoms with Gasteiger partial charge in [-0.05, 0) is 98.1 Å². The minimum atomic E-state index is -3.83. The summed E-state index contributed by atoms with van der Waals surface area (Å²) in [5, 5.41) is 0. The Bertz CT molecular complexity index is 994. The number of aryl methyl sites for hydroxylation is 1. The van der Waals surface area contributed by atoms with E-state index in [1.165, 1.54) is 76.3 Å². The molecule has 2 fully saturated rings. The molecule has 38 heavy (non-hydrogen) atoms. The molecular weight excluding hydrogens is 499 g/mol. The van der Waals surface area contributed by atoms with Gasteiger partial charge in [-0.2, -0.15) is 17.6 Å². The van der Waals surface area contributed by atoms with E-state index >= 15 is 0 Å². The number of hydrogen-bond donors (Lipinski definition) is 0. The molecule has 0 atom stereocenters. The summed E-state index contributed by atoms with van der Waals surface area (Å²) < 4.78 is 76.3. The fraction of sp³-hybridized carbons (Fsp3) is 0.613. The van der Waals surface area contributed by atoms with Gasteiger partial charge in [0.05, 0.1) is 5.56 Å². The van der Waals surface area contributed by atoms with E-state index in [9.17, 15) is 22.0 Å². The second-order valence-electron chi connectivity index (χ2n) is 11.2. The second kappa shape index (κ2) is 13.2. The zero-order valence-corrected chi connectivity index (χ0v) is 22.1. The number of ether oxygens (including phenoxy) is 2. The highest BCUT2D eigenvalue weighted by Crippen LogP contribution is 2.43. The van der Waals surface area contributed by atoms with Gasteiger partial charge in [0.1, 0.15) is 5.75 Å². The highest BCUT2D eigenvalue weighted by Gasteiger charge is 2.36. The minimum Gasteiger partial charge on any atom is -0.432 e. The van der Waals surface area contributed by atoms with Crippen LogP contribution in [-0.2, 0) is 12.5 Å². The normalized spacial score (nSPS) is 24.4. The van der Waals surface area contributed by atoms with E-state index in [0.717, 1.165) is 54.2 Å². The summed E-state index contributed by atoms with van der Waals surface area (Å²) in [6, 6.07) is 8.53. The fourth-order valence-electron chi connectivity index (χ4n) is 6.48. The van der Waals surface area contributed by atoms with Crippen molar-refractivity contribution in [1.82, 2.24) is 0 Å². The summed E-state index contributed by atoms with van der Waals surface area (Å²) >= 11 is 0. The molecule has 0 N–H and O–H groups in total. The molecule has 0 aliphatic heterocycles. The Labute approximate surface area is 222 Å². The van der Waals surface area contributed by atoms with E-state index in [2.05, 4.69) is 11.7 Å². The highest BCUT2D eigenvalue weighted by atomic mass is 19.3. The van der Waals surface area contributed by atoms with Gasteiger partial charge in [-0.1, -0.05) is 57.6 Å². The van der Waals surface area contributed by atoms with Crippen LogP contribution in [0.2, 0.25) is 0 Å². The van der Waals surface area contributed by atoms with Crippen LogP contribution < -0.4 is 9.47 Å². The van der Waals surface area contributed by atoms with Crippen LogP contribution in [-0.4, -0.2) is 6.61 Å². The van der Waals surface area contributed by atoms with E-state index in [-0.39, 0.29) is 5.75 Å². The van der Waals surface area contributed by atoms with Crippen molar-refractivity contribution in [3.63, 3.8) is 0 Å². The summed E-state index contributed by atoms with van der Waals surface area (Å²) in [7, 11) is 0. The molecule has 2 saturated carbocycles. The van der Waals surface area contributed by atoms with Gasteiger partial charge in [0.2, 0.25) is 0 Å². The van der Waals surface area contributed by atoms with E-state index in [1.807, 2.05) is 0 Å². The molecule has 2 nitrogen and oxygen atoms in total. The Kier molecular flexibility index (Phi) is 9.94. The zero-order chi connectivity index (χ0) is 27.1. The third-order valence-electron chi connectivity index (χ3n) is 8.64. The number of hydrogen-bond acceptors (Lipinski definition) is 2. The fourth-order valence-corrected chi connectivity index (χ4v) is 6.48. The Hall–Kier alpha value is -2.31. The van der Waals surface area contributed by atoms with Crippen LogP contribution in [0.4, 0.5) is 22.0 Å².